The fourth-order valence-electron chi connectivity index (χ4n) is 1.10. The fourth-order valence-corrected chi connectivity index (χ4v) is 2.23. The van der Waals surface area contributed by atoms with E-state index in [1.807, 2.05) is 0 Å². The molecule has 1 saturated heterocycles. The van der Waals surface area contributed by atoms with Crippen molar-refractivity contribution in [2.24, 2.45) is 0 Å². The third-order valence-corrected chi connectivity index (χ3v) is 4.12. The predicted molar refractivity (Wildman–Crippen MR) is 58.0 cm³/mol. The summed E-state index contributed by atoms with van der Waals surface area (Å²) >= 11 is 0. The number of epoxide rings is 1. The molecule has 1 unspecified atom stereocenters. The van der Waals surface area contributed by atoms with Crippen molar-refractivity contribution in [3.05, 3.63) is 0 Å². The van der Waals surface area contributed by atoms with Crippen LogP contribution in [0.3, 0.4) is 0 Å². The number of hydrogen-bond acceptors (Lipinski definition) is 7. The highest BCUT2D eigenvalue weighted by atomic mass is 28.4. The van der Waals surface area contributed by atoms with Crippen LogP contribution in [-0.2, 0) is 32.0 Å². The zero-order valence-electron chi connectivity index (χ0n) is 10.3. The third-order valence-electron chi connectivity index (χ3n) is 2.15. The molecule has 0 radical (unpaired) electrons. The summed E-state index contributed by atoms with van der Waals surface area (Å²) in [6, 6.07) is 0. The molecule has 0 aromatic carbocycles. The van der Waals surface area contributed by atoms with Crippen molar-refractivity contribution in [2.75, 3.05) is 41.2 Å². The molecule has 0 saturated carbocycles. The first-order valence-corrected chi connectivity index (χ1v) is 6.85. The lowest BCUT2D eigenvalue weighted by Gasteiger charge is -2.22. The van der Waals surface area contributed by atoms with Gasteiger partial charge in [-0.1, -0.05) is 0 Å². The Hall–Kier alpha value is -0.513. The maximum Gasteiger partial charge on any atom is 0.750 e. The normalized spacial score (nSPS) is 19.1. The number of ether oxygens (including phenoxy) is 2. The van der Waals surface area contributed by atoms with Gasteiger partial charge in [-0.25, -0.2) is 0 Å². The molecule has 0 bridgehead atoms. The van der Waals surface area contributed by atoms with Gasteiger partial charge >= 0.3 is 9.05 Å². The van der Waals surface area contributed by atoms with Crippen molar-refractivity contribution in [1.82, 2.24) is 0 Å². The molecule has 0 amide bonds. The van der Waals surface area contributed by atoms with Crippen molar-refractivity contribution in [2.45, 2.75) is 12.5 Å². The van der Waals surface area contributed by atoms with Crippen molar-refractivity contribution >= 4 is 15.0 Å². The van der Waals surface area contributed by atoms with Crippen LogP contribution in [0.15, 0.2) is 0 Å². The van der Waals surface area contributed by atoms with Gasteiger partial charge in [0.2, 0.25) is 0 Å². The highest BCUT2D eigenvalue weighted by molar-refractivity contribution is 6.55. The molecule has 7 nitrogen and oxygen atoms in total. The number of carbonyl (C=O) groups excluding carboxylic acids is 1. The molecular formula is C9H18O7Si. The lowest BCUT2D eigenvalue weighted by molar-refractivity contribution is -0.144. The van der Waals surface area contributed by atoms with Gasteiger partial charge in [0.25, 0.3) is 5.97 Å². The molecule has 0 aliphatic carbocycles. The minimum absolute atomic E-state index is 0.123. The first-order valence-electron chi connectivity index (χ1n) is 5.22. The molecule has 1 atom stereocenters. The van der Waals surface area contributed by atoms with Gasteiger partial charge in [0, 0.05) is 21.3 Å². The Kier molecular flexibility index (Phi) is 6.02. The summed E-state index contributed by atoms with van der Waals surface area (Å²) in [4.78, 5) is 11.5. The van der Waals surface area contributed by atoms with Crippen molar-refractivity contribution in [3.8, 4) is 0 Å². The Morgan fingerprint density at radius 2 is 1.88 bits per heavy atom. The Balaban J connectivity index is 2.16. The SMILES string of the molecule is CO[Si](OC)(OC)OC(=O)CCOCC1CO1. The minimum atomic E-state index is -3.28. The summed E-state index contributed by atoms with van der Waals surface area (Å²) in [6.45, 7) is 1.52. The lowest BCUT2D eigenvalue weighted by Crippen LogP contribution is -2.48. The van der Waals surface area contributed by atoms with E-state index in [4.69, 9.17) is 27.2 Å². The lowest BCUT2D eigenvalue weighted by atomic mass is 10.4. The second-order valence-electron chi connectivity index (χ2n) is 3.37. The van der Waals surface area contributed by atoms with Crippen LogP contribution in [0.2, 0.25) is 0 Å². The fraction of sp³-hybridized carbons (Fsp3) is 0.889. The Bertz CT molecular complexity index is 231. The molecule has 1 heterocycles. The molecule has 17 heavy (non-hydrogen) atoms. The van der Waals surface area contributed by atoms with Gasteiger partial charge in [-0.3, -0.25) is 4.79 Å². The zero-order chi connectivity index (χ0) is 12.7. The van der Waals surface area contributed by atoms with E-state index in [-0.39, 0.29) is 19.1 Å². The number of rotatable bonds is 9. The summed E-state index contributed by atoms with van der Waals surface area (Å²) in [5, 5.41) is 0. The second-order valence-corrected chi connectivity index (χ2v) is 5.80. The van der Waals surface area contributed by atoms with Crippen LogP contribution in [0.25, 0.3) is 0 Å². The van der Waals surface area contributed by atoms with Gasteiger partial charge in [0.15, 0.2) is 0 Å². The minimum Gasteiger partial charge on any atom is -0.452 e. The van der Waals surface area contributed by atoms with Crippen LogP contribution >= 0.6 is 0 Å². The van der Waals surface area contributed by atoms with Gasteiger partial charge in [0.05, 0.1) is 26.2 Å². The number of hydrogen-bond donors (Lipinski definition) is 0. The smallest absolute Gasteiger partial charge is 0.452 e. The van der Waals surface area contributed by atoms with Gasteiger partial charge < -0.3 is 27.2 Å². The van der Waals surface area contributed by atoms with E-state index >= 15 is 0 Å². The molecule has 0 spiro atoms. The van der Waals surface area contributed by atoms with Crippen LogP contribution in [0.1, 0.15) is 6.42 Å². The zero-order valence-corrected chi connectivity index (χ0v) is 11.3. The Morgan fingerprint density at radius 1 is 1.29 bits per heavy atom. The number of carbonyl (C=O) groups is 1. The molecule has 100 valence electrons. The largest absolute Gasteiger partial charge is 0.750 e. The predicted octanol–water partition coefficient (Wildman–Crippen LogP) is -0.290. The Labute approximate surface area is 101 Å². The molecule has 1 aliphatic heterocycles. The maximum atomic E-state index is 11.5. The van der Waals surface area contributed by atoms with E-state index in [2.05, 4.69) is 0 Å². The summed E-state index contributed by atoms with van der Waals surface area (Å²) in [5.74, 6) is -0.473. The van der Waals surface area contributed by atoms with E-state index in [9.17, 15) is 4.79 Å². The van der Waals surface area contributed by atoms with Crippen LogP contribution in [0.4, 0.5) is 0 Å². The van der Waals surface area contributed by atoms with Gasteiger partial charge in [-0.05, 0) is 0 Å². The van der Waals surface area contributed by atoms with E-state index in [1.165, 1.54) is 21.3 Å². The quantitative estimate of drug-likeness (QED) is 0.322. The van der Waals surface area contributed by atoms with Gasteiger partial charge in [-0.2, -0.15) is 0 Å². The van der Waals surface area contributed by atoms with Crippen LogP contribution in [0.5, 0.6) is 0 Å². The van der Waals surface area contributed by atoms with Crippen molar-refractivity contribution in [1.29, 1.82) is 0 Å². The van der Waals surface area contributed by atoms with Crippen LogP contribution in [0, 0.1) is 0 Å². The Morgan fingerprint density at radius 3 is 2.35 bits per heavy atom. The molecule has 1 rings (SSSR count). The van der Waals surface area contributed by atoms with E-state index in [0.717, 1.165) is 6.61 Å². The molecule has 8 heteroatoms. The third kappa shape index (κ3) is 5.11. The molecule has 1 fully saturated rings. The van der Waals surface area contributed by atoms with Crippen molar-refractivity contribution in [3.63, 3.8) is 0 Å². The van der Waals surface area contributed by atoms with Gasteiger partial charge in [-0.15, -0.1) is 0 Å². The average molecular weight is 266 g/mol. The van der Waals surface area contributed by atoms with E-state index in [0.29, 0.717) is 6.61 Å². The molecular weight excluding hydrogens is 248 g/mol. The summed E-state index contributed by atoms with van der Waals surface area (Å²) in [7, 11) is 0.826. The molecule has 0 aromatic heterocycles. The first kappa shape index (κ1) is 14.5. The van der Waals surface area contributed by atoms with E-state index < -0.39 is 15.0 Å². The van der Waals surface area contributed by atoms with Crippen LogP contribution in [-0.4, -0.2) is 62.3 Å². The molecule has 0 N–H and O–H groups in total. The van der Waals surface area contributed by atoms with Gasteiger partial charge in [0.1, 0.15) is 6.10 Å². The highest BCUT2D eigenvalue weighted by Crippen LogP contribution is 2.10. The molecule has 0 aromatic rings. The highest BCUT2D eigenvalue weighted by Gasteiger charge is 2.46. The van der Waals surface area contributed by atoms with E-state index in [1.54, 1.807) is 0 Å². The molecule has 1 aliphatic rings. The maximum absolute atomic E-state index is 11.5. The summed E-state index contributed by atoms with van der Waals surface area (Å²) < 4.78 is 30.1. The monoisotopic (exact) mass is 266 g/mol. The summed E-state index contributed by atoms with van der Waals surface area (Å²) in [5.41, 5.74) is 0. The summed E-state index contributed by atoms with van der Waals surface area (Å²) in [6.07, 6.45) is 0.314. The second kappa shape index (κ2) is 7.04. The topological polar surface area (TPSA) is 75.8 Å². The first-order chi connectivity index (χ1) is 8.15. The average Bonchev–Trinajstić information content (AvgIpc) is 3.16. The standard InChI is InChI=1S/C9H18O7Si/c1-11-17(12-2,13-3)16-9(10)4-5-14-6-8-7-15-8/h8H,4-7H2,1-3H3. The van der Waals surface area contributed by atoms with Crippen molar-refractivity contribution < 1.29 is 32.0 Å². The van der Waals surface area contributed by atoms with Crippen LogP contribution < -0.4 is 0 Å².